The fraction of sp³-hybridized carbons (Fsp3) is 0.0833. The number of carbonyl (C=O) groups excluding carboxylic acids is 2. The van der Waals surface area contributed by atoms with E-state index in [4.69, 9.17) is 27.9 Å². The fourth-order valence-electron chi connectivity index (χ4n) is 4.61. The molecule has 5 nitrogen and oxygen atoms in total. The molecule has 0 N–H and O–H groups in total. The summed E-state index contributed by atoms with van der Waals surface area (Å²) >= 11 is 12.7. The number of para-hydroxylation sites is 1. The van der Waals surface area contributed by atoms with Crippen LogP contribution in [0.3, 0.4) is 0 Å². The lowest BCUT2D eigenvalue weighted by molar-refractivity contribution is -0.137. The van der Waals surface area contributed by atoms with Gasteiger partial charge in [0.15, 0.2) is 0 Å². The van der Waals surface area contributed by atoms with Gasteiger partial charge in [0.25, 0.3) is 11.6 Å². The molecule has 0 saturated carbocycles. The van der Waals surface area contributed by atoms with Crippen LogP contribution in [0.2, 0.25) is 10.0 Å². The van der Waals surface area contributed by atoms with E-state index in [9.17, 15) is 9.59 Å². The molecule has 1 aromatic heterocycles. The number of anilines is 1. The summed E-state index contributed by atoms with van der Waals surface area (Å²) in [4.78, 5) is 28.6. The number of nitrogens with zero attached hydrogens (tertiary/aromatic N) is 2. The third-order valence-corrected chi connectivity index (χ3v) is 6.36. The van der Waals surface area contributed by atoms with Gasteiger partial charge in [0.1, 0.15) is 5.69 Å². The molecule has 0 unspecified atom stereocenters. The van der Waals surface area contributed by atoms with E-state index < -0.39 is 11.7 Å². The number of ether oxygens (including phenoxy) is 1. The quantitative estimate of drug-likeness (QED) is 0.387. The molecular formula is C24H14Cl2N2O3. The Morgan fingerprint density at radius 1 is 0.903 bits per heavy atom. The number of fused-ring (bicyclic) bond motifs is 6. The van der Waals surface area contributed by atoms with Gasteiger partial charge < -0.3 is 9.64 Å². The number of halogens is 2. The fourth-order valence-corrected chi connectivity index (χ4v) is 5.21. The highest BCUT2D eigenvalue weighted by molar-refractivity contribution is 6.38. The van der Waals surface area contributed by atoms with Crippen molar-refractivity contribution in [3.63, 3.8) is 0 Å². The molecule has 7 heteroatoms. The number of rotatable bonds is 2. The Hall–Kier alpha value is -3.28. The summed E-state index contributed by atoms with van der Waals surface area (Å²) in [5, 5.41) is 1.47. The third-order valence-electron chi connectivity index (χ3n) is 5.86. The van der Waals surface area contributed by atoms with E-state index in [-0.39, 0.29) is 11.6 Å². The maximum Gasteiger partial charge on any atom is 0.357 e. The average Bonchev–Trinajstić information content (AvgIpc) is 3.35. The van der Waals surface area contributed by atoms with Crippen LogP contribution in [0.4, 0.5) is 5.69 Å². The first-order valence-corrected chi connectivity index (χ1v) is 10.5. The normalized spacial score (nSPS) is 19.2. The molecule has 1 atom stereocenters. The molecule has 2 aliphatic rings. The van der Waals surface area contributed by atoms with E-state index in [2.05, 4.69) is 0 Å². The lowest BCUT2D eigenvalue weighted by Gasteiger charge is -2.26. The predicted molar refractivity (Wildman–Crippen MR) is 119 cm³/mol. The lowest BCUT2D eigenvalue weighted by atomic mass is 10.0. The van der Waals surface area contributed by atoms with Gasteiger partial charge in [0.05, 0.1) is 28.3 Å². The number of aromatic nitrogens is 1. The van der Waals surface area contributed by atoms with Crippen molar-refractivity contribution < 1.29 is 14.3 Å². The van der Waals surface area contributed by atoms with Crippen LogP contribution in [0, 0.1) is 0 Å². The van der Waals surface area contributed by atoms with Gasteiger partial charge in [0.2, 0.25) is 0 Å². The Bertz CT molecular complexity index is 1410. The molecule has 3 aromatic carbocycles. The van der Waals surface area contributed by atoms with Crippen molar-refractivity contribution in [3.8, 4) is 0 Å². The van der Waals surface area contributed by atoms with E-state index in [1.165, 1.54) is 0 Å². The molecule has 1 amide bonds. The zero-order valence-corrected chi connectivity index (χ0v) is 17.5. The summed E-state index contributed by atoms with van der Waals surface area (Å²) in [5.74, 6) is -0.915. The van der Waals surface area contributed by atoms with Crippen LogP contribution in [0.1, 0.15) is 21.6 Å². The maximum atomic E-state index is 14.0. The minimum atomic E-state index is -1.64. The van der Waals surface area contributed by atoms with Crippen molar-refractivity contribution in [2.24, 2.45) is 0 Å². The first-order valence-electron chi connectivity index (χ1n) is 9.70. The minimum Gasteiger partial charge on any atom is -0.419 e. The Morgan fingerprint density at radius 2 is 1.65 bits per heavy atom. The van der Waals surface area contributed by atoms with Gasteiger partial charge in [-0.2, -0.15) is 0 Å². The molecule has 0 radical (unpaired) electrons. The van der Waals surface area contributed by atoms with Crippen molar-refractivity contribution in [2.75, 3.05) is 4.90 Å². The lowest BCUT2D eigenvalue weighted by Crippen LogP contribution is -2.45. The van der Waals surface area contributed by atoms with Gasteiger partial charge in [-0.25, -0.2) is 4.79 Å². The van der Waals surface area contributed by atoms with Crippen molar-refractivity contribution in [2.45, 2.75) is 12.3 Å². The number of hydrogen-bond acceptors (Lipinski definition) is 3. The Labute approximate surface area is 187 Å². The molecule has 1 spiro atoms. The molecular weight excluding hydrogens is 435 g/mol. The van der Waals surface area contributed by atoms with E-state index in [0.717, 1.165) is 5.56 Å². The number of amides is 1. The maximum absolute atomic E-state index is 14.0. The summed E-state index contributed by atoms with van der Waals surface area (Å²) in [6.07, 6.45) is 0. The Kier molecular flexibility index (Phi) is 3.79. The van der Waals surface area contributed by atoms with E-state index in [0.29, 0.717) is 38.7 Å². The summed E-state index contributed by atoms with van der Waals surface area (Å²) < 4.78 is 7.48. The van der Waals surface area contributed by atoms with E-state index in [1.807, 2.05) is 54.6 Å². The third kappa shape index (κ3) is 2.39. The molecule has 0 aliphatic carbocycles. The summed E-state index contributed by atoms with van der Waals surface area (Å²) in [5.41, 5.74) is 1.43. The molecule has 4 aromatic rings. The average molecular weight is 449 g/mol. The van der Waals surface area contributed by atoms with Crippen LogP contribution in [0.25, 0.3) is 10.9 Å². The zero-order chi connectivity index (χ0) is 21.3. The van der Waals surface area contributed by atoms with Crippen LogP contribution in [-0.4, -0.2) is 16.4 Å². The second-order valence-corrected chi connectivity index (χ2v) is 8.46. The number of hydrogen-bond donors (Lipinski definition) is 0. The highest BCUT2D eigenvalue weighted by Crippen LogP contribution is 2.51. The second kappa shape index (κ2) is 6.36. The molecule has 31 heavy (non-hydrogen) atoms. The van der Waals surface area contributed by atoms with Gasteiger partial charge in [-0.1, -0.05) is 71.7 Å². The van der Waals surface area contributed by atoms with Gasteiger partial charge in [-0.15, -0.1) is 0 Å². The van der Waals surface area contributed by atoms with Crippen molar-refractivity contribution in [3.05, 3.63) is 99.7 Å². The predicted octanol–water partition coefficient (Wildman–Crippen LogP) is 5.37. The summed E-state index contributed by atoms with van der Waals surface area (Å²) in [6.45, 7) is 0.351. The first kappa shape index (κ1) is 18.5. The molecule has 0 saturated heterocycles. The topological polar surface area (TPSA) is 51.5 Å². The second-order valence-electron chi connectivity index (χ2n) is 7.62. The van der Waals surface area contributed by atoms with Gasteiger partial charge >= 0.3 is 5.97 Å². The Morgan fingerprint density at radius 3 is 2.45 bits per heavy atom. The number of carbonyl (C=O) groups is 2. The van der Waals surface area contributed by atoms with Gasteiger partial charge in [0, 0.05) is 10.4 Å². The SMILES string of the molecule is O=C1O[C@]2(C(=O)N(Cc3ccccc3)c3ccccc32)n2c1cc1cc(Cl)cc(Cl)c12. The van der Waals surface area contributed by atoms with Crippen molar-refractivity contribution in [1.29, 1.82) is 0 Å². The molecule has 0 fully saturated rings. The molecule has 6 rings (SSSR count). The van der Waals surface area contributed by atoms with Crippen LogP contribution in [0.15, 0.2) is 72.8 Å². The van der Waals surface area contributed by atoms with Gasteiger partial charge in [-0.3, -0.25) is 9.36 Å². The molecule has 3 heterocycles. The summed E-state index contributed by atoms with van der Waals surface area (Å²) in [6, 6.07) is 22.0. The standard InChI is InChI=1S/C24H14Cl2N2O3/c25-16-10-15-11-20-22(29)31-24(28(20)21(15)18(26)12-16)17-8-4-5-9-19(17)27(23(24)30)13-14-6-2-1-3-7-14/h1-12H,13H2/t24-/m1/s1. The minimum absolute atomic E-state index is 0.267. The molecule has 152 valence electrons. The molecule has 2 aliphatic heterocycles. The van der Waals surface area contributed by atoms with Crippen LogP contribution < -0.4 is 4.90 Å². The molecule has 0 bridgehead atoms. The highest BCUT2D eigenvalue weighted by Gasteiger charge is 2.61. The van der Waals surface area contributed by atoms with Crippen LogP contribution >= 0.6 is 23.2 Å². The smallest absolute Gasteiger partial charge is 0.357 e. The number of benzene rings is 3. The first-order chi connectivity index (χ1) is 15.0. The van der Waals surface area contributed by atoms with Crippen molar-refractivity contribution >= 4 is 51.7 Å². The Balaban J connectivity index is 1.62. The summed E-state index contributed by atoms with van der Waals surface area (Å²) in [7, 11) is 0. The number of esters is 1. The van der Waals surface area contributed by atoms with E-state index in [1.54, 1.807) is 27.7 Å². The van der Waals surface area contributed by atoms with Crippen molar-refractivity contribution in [1.82, 2.24) is 4.57 Å². The van der Waals surface area contributed by atoms with Gasteiger partial charge in [-0.05, 0) is 29.8 Å². The monoisotopic (exact) mass is 448 g/mol. The zero-order valence-electron chi connectivity index (χ0n) is 16.0. The largest absolute Gasteiger partial charge is 0.419 e. The van der Waals surface area contributed by atoms with Crippen LogP contribution in [-0.2, 0) is 21.8 Å². The highest BCUT2D eigenvalue weighted by atomic mass is 35.5. The van der Waals surface area contributed by atoms with E-state index >= 15 is 0 Å². The van der Waals surface area contributed by atoms with Crippen LogP contribution in [0.5, 0.6) is 0 Å².